The van der Waals surface area contributed by atoms with Gasteiger partial charge in [-0.05, 0) is 44.9 Å². The Labute approximate surface area is 377 Å². The molecule has 2 bridgehead atoms. The fraction of sp³-hybridized carbons (Fsp3) is 0.814. The summed E-state index contributed by atoms with van der Waals surface area (Å²) in [6, 6.07) is 0. The number of esters is 2. The fourth-order valence-electron chi connectivity index (χ4n) is 7.58. The predicted molar refractivity (Wildman–Crippen MR) is 234 cm³/mol. The van der Waals surface area contributed by atoms with Gasteiger partial charge in [0.15, 0.2) is 6.10 Å². The molecule has 64 heavy (non-hydrogen) atoms. The van der Waals surface area contributed by atoms with Crippen molar-refractivity contribution >= 4 is 27.6 Å². The highest BCUT2D eigenvalue weighted by molar-refractivity contribution is 7.47. The van der Waals surface area contributed by atoms with Crippen molar-refractivity contribution in [2.24, 2.45) is 11.8 Å². The molecule has 10 N–H and O–H groups in total. The molecule has 0 radical (unpaired) electrons. The Hall–Kier alpha value is -1.90. The summed E-state index contributed by atoms with van der Waals surface area (Å²) >= 11 is 0. The van der Waals surface area contributed by atoms with Gasteiger partial charge in [0, 0.05) is 24.7 Å². The quantitative estimate of drug-likeness (QED) is 0.0312. The molecule has 19 nitrogen and oxygen atoms in total. The zero-order valence-corrected chi connectivity index (χ0v) is 39.1. The molecule has 0 saturated heterocycles. The van der Waals surface area contributed by atoms with Crippen LogP contribution in [0.15, 0.2) is 36.5 Å². The van der Waals surface area contributed by atoms with E-state index in [-0.39, 0.29) is 25.7 Å². The second-order valence-corrected chi connectivity index (χ2v) is 19.3. The lowest BCUT2D eigenvalue weighted by Crippen LogP contribution is -2.56. The molecule has 0 amide bonds. The van der Waals surface area contributed by atoms with Crippen LogP contribution in [-0.4, -0.2) is 137 Å². The summed E-state index contributed by atoms with van der Waals surface area (Å²) in [5.74, 6) is -4.76. The summed E-state index contributed by atoms with van der Waals surface area (Å²) in [6.07, 6.45) is 0.111. The van der Waals surface area contributed by atoms with Crippen LogP contribution in [0.3, 0.4) is 0 Å². The van der Waals surface area contributed by atoms with E-state index in [0.29, 0.717) is 12.8 Å². The number of carbonyl (C=O) groups excluding carboxylic acids is 2. The number of ether oxygens (including phenoxy) is 2. The highest BCUT2D eigenvalue weighted by Crippen LogP contribution is 2.49. The number of phosphoric acid groups is 2. The summed E-state index contributed by atoms with van der Waals surface area (Å²) < 4.78 is 51.8. The number of aliphatic hydroxyl groups excluding tert-OH is 7. The van der Waals surface area contributed by atoms with Crippen LogP contribution in [0.5, 0.6) is 0 Å². The van der Waals surface area contributed by atoms with Crippen LogP contribution in [0.4, 0.5) is 0 Å². The Balaban J connectivity index is 2.39. The van der Waals surface area contributed by atoms with E-state index in [1.807, 2.05) is 6.92 Å². The lowest BCUT2D eigenvalue weighted by molar-refractivity contribution is -0.165. The third kappa shape index (κ3) is 23.2. The first kappa shape index (κ1) is 58.2. The van der Waals surface area contributed by atoms with Gasteiger partial charge in [-0.1, -0.05) is 108 Å². The average molecular weight is 959 g/mol. The van der Waals surface area contributed by atoms with Crippen LogP contribution in [0.25, 0.3) is 0 Å². The van der Waals surface area contributed by atoms with Gasteiger partial charge in [0.2, 0.25) is 0 Å². The first-order valence-corrected chi connectivity index (χ1v) is 25.8. The summed E-state index contributed by atoms with van der Waals surface area (Å²) in [5, 5.41) is 79.3. The average Bonchev–Trinajstić information content (AvgIpc) is 3.23. The van der Waals surface area contributed by atoms with Gasteiger partial charge < -0.3 is 59.9 Å². The van der Waals surface area contributed by atoms with Crippen molar-refractivity contribution in [2.45, 2.75) is 197 Å². The first-order valence-electron chi connectivity index (χ1n) is 22.8. The molecule has 21 heteroatoms. The number of fused-ring (bicyclic) bond motifs is 4. The minimum Gasteiger partial charge on any atom is -0.461 e. The number of hydrogen-bond acceptors (Lipinski definition) is 16. The summed E-state index contributed by atoms with van der Waals surface area (Å²) in [7, 11) is -11.4. The van der Waals surface area contributed by atoms with Gasteiger partial charge in [-0.3, -0.25) is 23.2 Å². The van der Waals surface area contributed by atoms with Crippen LogP contribution >= 0.6 is 15.6 Å². The molecule has 1 aliphatic heterocycles. The molecule has 2 rings (SSSR count). The van der Waals surface area contributed by atoms with Crippen molar-refractivity contribution in [1.82, 2.24) is 0 Å². The Bertz CT molecular complexity index is 1510. The third-order valence-electron chi connectivity index (χ3n) is 11.3. The van der Waals surface area contributed by atoms with Gasteiger partial charge in [-0.15, -0.1) is 0 Å². The molecule has 0 spiro atoms. The van der Waals surface area contributed by atoms with Crippen molar-refractivity contribution in [3.63, 3.8) is 0 Å². The Kier molecular flexibility index (Phi) is 28.4. The summed E-state index contributed by atoms with van der Waals surface area (Å²) in [4.78, 5) is 56.5. The molecule has 372 valence electrons. The van der Waals surface area contributed by atoms with E-state index in [1.54, 1.807) is 0 Å². The number of cyclic esters (lactones) is 1. The molecule has 0 aromatic rings. The van der Waals surface area contributed by atoms with E-state index >= 15 is 0 Å². The standard InChI is InChI=1S/C43H76O19P2/c1-3-5-7-8-9-10-11-12-13-14-15-16-18-24-37(48)60-31-28-58-36(47)23-20-19-22-32-34(45)27-35(46)33(26-25-30(44)21-17-6-4-2)39(50)42(61-63(53,54)55)43(41(52)40(51)38(32)49)62-64(56,57)59-29-31/h10-11,19-20,25-26,30-35,38-46,49-52H,3-9,12-18,21-24,27-29H2,1-2H3,(H,56,57)(H2,53,54,55)/b11-10-,20-19-,26-25+/t30-,31-,32-,33+,34+,35-,38-,39-,40+,41-,42-,43+/m1/s1. The second-order valence-electron chi connectivity index (χ2n) is 16.8. The van der Waals surface area contributed by atoms with Crippen molar-refractivity contribution < 1.29 is 92.2 Å². The van der Waals surface area contributed by atoms with E-state index in [1.165, 1.54) is 43.9 Å². The zero-order chi connectivity index (χ0) is 47.7. The lowest BCUT2D eigenvalue weighted by Gasteiger charge is -2.38. The Morgan fingerprint density at radius 3 is 2.12 bits per heavy atom. The molecular weight excluding hydrogens is 882 g/mol. The Morgan fingerprint density at radius 2 is 1.47 bits per heavy atom. The van der Waals surface area contributed by atoms with Crippen molar-refractivity contribution in [2.75, 3.05) is 13.2 Å². The van der Waals surface area contributed by atoms with E-state index in [9.17, 15) is 69.1 Å². The zero-order valence-electron chi connectivity index (χ0n) is 37.3. The van der Waals surface area contributed by atoms with Crippen LogP contribution in [0.1, 0.15) is 136 Å². The molecular formula is C43H76O19P2. The van der Waals surface area contributed by atoms with Gasteiger partial charge in [-0.25, -0.2) is 9.13 Å². The maximum atomic E-state index is 13.6. The van der Waals surface area contributed by atoms with E-state index in [0.717, 1.165) is 57.4 Å². The smallest absolute Gasteiger partial charge is 0.461 e. The van der Waals surface area contributed by atoms with Crippen molar-refractivity contribution in [3.8, 4) is 0 Å². The molecule has 0 aromatic heterocycles. The SMILES string of the molecule is CCCCCC/C=C\CCCCCCCC(=O)O[C@@H]1COC(=O)C/C=C\C[C@H]2[C@@H](O)[C@H](O)[C@@H](O)[C@H](OP(=O)(O)OC1)[C@H](OP(=O)(O)O)[C@H](O)[C@@H](/C=C/[C@H](O)CCCCC)[C@H](O)C[C@@H]2O. The van der Waals surface area contributed by atoms with E-state index < -0.39 is 120 Å². The fourth-order valence-corrected chi connectivity index (χ4v) is 9.11. The first-order chi connectivity index (χ1) is 30.3. The highest BCUT2D eigenvalue weighted by Gasteiger charge is 2.51. The predicted octanol–water partition coefficient (Wildman–Crippen LogP) is 4.33. The Morgan fingerprint density at radius 1 is 0.844 bits per heavy atom. The number of hydrogen-bond donors (Lipinski definition) is 10. The van der Waals surface area contributed by atoms with Gasteiger partial charge in [-0.2, -0.15) is 0 Å². The molecule has 1 fully saturated rings. The lowest BCUT2D eigenvalue weighted by atomic mass is 9.83. The number of allylic oxidation sites excluding steroid dienone is 3. The van der Waals surface area contributed by atoms with Crippen molar-refractivity contribution in [3.05, 3.63) is 36.5 Å². The van der Waals surface area contributed by atoms with Gasteiger partial charge >= 0.3 is 27.6 Å². The minimum absolute atomic E-state index is 0.0455. The van der Waals surface area contributed by atoms with Crippen molar-refractivity contribution in [1.29, 1.82) is 0 Å². The monoisotopic (exact) mass is 958 g/mol. The number of aliphatic hydroxyl groups is 7. The normalized spacial score (nSPS) is 32.9. The largest absolute Gasteiger partial charge is 0.472 e. The van der Waals surface area contributed by atoms with Crippen LogP contribution in [0.2, 0.25) is 0 Å². The molecule has 13 atom stereocenters. The van der Waals surface area contributed by atoms with Crippen LogP contribution in [0, 0.1) is 11.8 Å². The molecule has 0 aromatic carbocycles. The third-order valence-corrected chi connectivity index (χ3v) is 12.8. The van der Waals surface area contributed by atoms with Gasteiger partial charge in [0.05, 0.1) is 43.5 Å². The van der Waals surface area contributed by atoms with Crippen LogP contribution in [-0.2, 0) is 41.8 Å². The molecule has 1 unspecified atom stereocenters. The number of carbonyl (C=O) groups is 2. The summed E-state index contributed by atoms with van der Waals surface area (Å²) in [6.45, 7) is 2.48. The number of rotatable bonds is 22. The van der Waals surface area contributed by atoms with Crippen LogP contribution < -0.4 is 0 Å². The topological polar surface area (TPSA) is 317 Å². The second kappa shape index (κ2) is 31.2. The molecule has 1 aliphatic carbocycles. The minimum atomic E-state index is -5.76. The van der Waals surface area contributed by atoms with Gasteiger partial charge in [0.25, 0.3) is 0 Å². The number of unbranched alkanes of at least 4 members (excludes halogenated alkanes) is 11. The maximum absolute atomic E-state index is 13.6. The maximum Gasteiger partial charge on any atom is 0.472 e. The van der Waals surface area contributed by atoms with E-state index in [2.05, 4.69) is 19.1 Å². The van der Waals surface area contributed by atoms with Gasteiger partial charge in [0.1, 0.15) is 31.0 Å². The molecule has 1 heterocycles. The number of phosphoric ester groups is 2. The van der Waals surface area contributed by atoms with E-state index in [4.69, 9.17) is 23.0 Å². The molecule has 2 aliphatic rings. The highest BCUT2D eigenvalue weighted by atomic mass is 31.2. The summed E-state index contributed by atoms with van der Waals surface area (Å²) in [5.41, 5.74) is 0. The molecule has 1 saturated carbocycles.